The highest BCUT2D eigenvalue weighted by molar-refractivity contribution is 5.88. The Hall–Kier alpha value is -2.28. The van der Waals surface area contributed by atoms with Gasteiger partial charge >= 0.3 is 0 Å². The van der Waals surface area contributed by atoms with E-state index < -0.39 is 0 Å². The van der Waals surface area contributed by atoms with Crippen LogP contribution in [0.15, 0.2) is 24.3 Å². The number of benzene rings is 1. The maximum Gasteiger partial charge on any atom is 0.248 e. The Morgan fingerprint density at radius 1 is 1.42 bits per heavy atom. The third kappa shape index (κ3) is 3.59. The zero-order valence-electron chi connectivity index (χ0n) is 10.1. The lowest BCUT2D eigenvalue weighted by atomic mass is 10.1. The number of aromatic nitrogens is 3. The summed E-state index contributed by atoms with van der Waals surface area (Å²) in [5.74, 6) is -0.269. The Morgan fingerprint density at radius 3 is 2.89 bits per heavy atom. The van der Waals surface area contributed by atoms with Gasteiger partial charge in [0.05, 0.1) is 0 Å². The molecule has 0 aliphatic heterocycles. The van der Waals surface area contributed by atoms with E-state index in [2.05, 4.69) is 20.5 Å². The number of hydrogen-bond acceptors (Lipinski definition) is 4. The lowest BCUT2D eigenvalue weighted by Crippen LogP contribution is -2.13. The Labute approximate surface area is 108 Å². The highest BCUT2D eigenvalue weighted by atomic mass is 19.1. The largest absolute Gasteiger partial charge is 0.388 e. The van der Waals surface area contributed by atoms with Gasteiger partial charge in [-0.25, -0.2) is 4.39 Å². The summed E-state index contributed by atoms with van der Waals surface area (Å²) in [4.78, 5) is 15.4. The standard InChI is InChI=1S/C12H13FN4O2/c13-9-4-2-1-3-8(9)5-6-11(19)15-12-14-10(7-18)16-17-12/h1-4,18H,5-7H2,(H2,14,15,16,17,19). The topological polar surface area (TPSA) is 90.9 Å². The number of anilines is 1. The molecule has 2 rings (SSSR count). The van der Waals surface area contributed by atoms with Gasteiger partial charge in [-0.3, -0.25) is 15.2 Å². The fraction of sp³-hybridized carbons (Fsp3) is 0.250. The van der Waals surface area contributed by atoms with Gasteiger partial charge in [0.15, 0.2) is 5.82 Å². The molecule has 6 nitrogen and oxygen atoms in total. The fourth-order valence-electron chi connectivity index (χ4n) is 1.56. The van der Waals surface area contributed by atoms with Crippen LogP contribution in [0.4, 0.5) is 10.3 Å². The number of H-pyrrole nitrogens is 1. The van der Waals surface area contributed by atoms with Crippen LogP contribution in [0.3, 0.4) is 0 Å². The summed E-state index contributed by atoms with van der Waals surface area (Å²) in [6.45, 7) is -0.280. The molecule has 0 radical (unpaired) electrons. The van der Waals surface area contributed by atoms with Crippen molar-refractivity contribution in [2.75, 3.05) is 5.32 Å². The lowest BCUT2D eigenvalue weighted by molar-refractivity contribution is -0.116. The molecule has 1 aromatic heterocycles. The van der Waals surface area contributed by atoms with Crippen molar-refractivity contribution in [3.63, 3.8) is 0 Å². The minimum Gasteiger partial charge on any atom is -0.388 e. The third-order valence-corrected chi connectivity index (χ3v) is 2.51. The maximum atomic E-state index is 13.3. The molecule has 0 fully saturated rings. The molecule has 0 aliphatic carbocycles. The highest BCUT2D eigenvalue weighted by Gasteiger charge is 2.08. The predicted molar refractivity (Wildman–Crippen MR) is 65.7 cm³/mol. The molecule has 0 spiro atoms. The van der Waals surface area contributed by atoms with Crippen LogP contribution in [0.2, 0.25) is 0 Å². The number of rotatable bonds is 5. The van der Waals surface area contributed by atoms with Crippen LogP contribution < -0.4 is 5.32 Å². The number of carbonyl (C=O) groups excluding carboxylic acids is 1. The average molecular weight is 264 g/mol. The average Bonchev–Trinajstić information content (AvgIpc) is 2.85. The van der Waals surface area contributed by atoms with E-state index in [4.69, 9.17) is 5.11 Å². The predicted octanol–water partition coefficient (Wildman–Crippen LogP) is 1.01. The van der Waals surface area contributed by atoms with Crippen molar-refractivity contribution in [1.29, 1.82) is 0 Å². The van der Waals surface area contributed by atoms with E-state index in [1.807, 2.05) is 0 Å². The van der Waals surface area contributed by atoms with E-state index in [1.165, 1.54) is 6.07 Å². The first kappa shape index (κ1) is 13.2. The molecular weight excluding hydrogens is 251 g/mol. The summed E-state index contributed by atoms with van der Waals surface area (Å²) < 4.78 is 13.3. The number of amides is 1. The zero-order chi connectivity index (χ0) is 13.7. The van der Waals surface area contributed by atoms with Crippen LogP contribution >= 0.6 is 0 Å². The number of aliphatic hydroxyl groups is 1. The number of aromatic amines is 1. The lowest BCUT2D eigenvalue weighted by Gasteiger charge is -2.02. The number of hydrogen-bond donors (Lipinski definition) is 3. The molecule has 0 aliphatic rings. The van der Waals surface area contributed by atoms with Crippen molar-refractivity contribution in [3.8, 4) is 0 Å². The minimum absolute atomic E-state index is 0.0996. The van der Waals surface area contributed by atoms with Gasteiger partial charge in [-0.05, 0) is 18.1 Å². The quantitative estimate of drug-likeness (QED) is 0.751. The second-order valence-electron chi connectivity index (χ2n) is 3.90. The monoisotopic (exact) mass is 264 g/mol. The molecular formula is C12H13FN4O2. The van der Waals surface area contributed by atoms with Crippen molar-refractivity contribution in [2.45, 2.75) is 19.4 Å². The zero-order valence-corrected chi connectivity index (χ0v) is 10.1. The summed E-state index contributed by atoms with van der Waals surface area (Å²) in [6.07, 6.45) is 0.430. The number of aliphatic hydroxyl groups excluding tert-OH is 1. The Bertz CT molecular complexity index is 570. The van der Waals surface area contributed by atoms with E-state index >= 15 is 0 Å². The molecule has 0 unspecified atom stereocenters. The number of nitrogens with one attached hydrogen (secondary N) is 2. The van der Waals surface area contributed by atoms with Gasteiger partial charge in [0.25, 0.3) is 0 Å². The van der Waals surface area contributed by atoms with Crippen molar-refractivity contribution >= 4 is 11.9 Å². The van der Waals surface area contributed by atoms with E-state index in [9.17, 15) is 9.18 Å². The SMILES string of the molecule is O=C(CCc1ccccc1F)Nc1n[nH]c(CO)n1. The molecule has 2 aromatic rings. The third-order valence-electron chi connectivity index (χ3n) is 2.51. The van der Waals surface area contributed by atoms with Crippen molar-refractivity contribution < 1.29 is 14.3 Å². The molecule has 0 saturated carbocycles. The summed E-state index contributed by atoms with van der Waals surface area (Å²) in [5.41, 5.74) is 0.490. The molecule has 19 heavy (non-hydrogen) atoms. The van der Waals surface area contributed by atoms with Gasteiger partial charge in [0.2, 0.25) is 11.9 Å². The first-order valence-electron chi connectivity index (χ1n) is 5.74. The van der Waals surface area contributed by atoms with E-state index in [0.717, 1.165) is 0 Å². The minimum atomic E-state index is -0.323. The van der Waals surface area contributed by atoms with Crippen LogP contribution in [0, 0.1) is 5.82 Å². The summed E-state index contributed by atoms with van der Waals surface area (Å²) >= 11 is 0. The van der Waals surface area contributed by atoms with Crippen LogP contribution in [0.1, 0.15) is 17.8 Å². The highest BCUT2D eigenvalue weighted by Crippen LogP contribution is 2.09. The second-order valence-corrected chi connectivity index (χ2v) is 3.90. The van der Waals surface area contributed by atoms with Gasteiger partial charge in [0.1, 0.15) is 12.4 Å². The molecule has 1 heterocycles. The van der Waals surface area contributed by atoms with Gasteiger partial charge in [-0.15, -0.1) is 5.10 Å². The van der Waals surface area contributed by atoms with Crippen LogP contribution in [0.25, 0.3) is 0 Å². The number of halogens is 1. The number of nitrogens with zero attached hydrogens (tertiary/aromatic N) is 2. The van der Waals surface area contributed by atoms with Crippen molar-refractivity contribution in [1.82, 2.24) is 15.2 Å². The fourth-order valence-corrected chi connectivity index (χ4v) is 1.56. The van der Waals surface area contributed by atoms with Crippen LogP contribution in [0.5, 0.6) is 0 Å². The Balaban J connectivity index is 1.86. The van der Waals surface area contributed by atoms with E-state index in [-0.39, 0.29) is 36.5 Å². The van der Waals surface area contributed by atoms with Gasteiger partial charge < -0.3 is 5.11 Å². The van der Waals surface area contributed by atoms with Crippen LogP contribution in [-0.4, -0.2) is 26.2 Å². The molecule has 0 bridgehead atoms. The number of aryl methyl sites for hydroxylation is 1. The normalized spacial score (nSPS) is 10.4. The summed E-state index contributed by atoms with van der Waals surface area (Å²) in [7, 11) is 0. The molecule has 3 N–H and O–H groups in total. The first-order chi connectivity index (χ1) is 9.19. The Morgan fingerprint density at radius 2 is 2.21 bits per heavy atom. The van der Waals surface area contributed by atoms with Crippen molar-refractivity contribution in [2.24, 2.45) is 0 Å². The summed E-state index contributed by atoms with van der Waals surface area (Å²) in [6, 6.07) is 6.32. The second kappa shape index (κ2) is 6.05. The molecule has 0 atom stereocenters. The summed E-state index contributed by atoms with van der Waals surface area (Å²) in [5, 5.41) is 17.4. The van der Waals surface area contributed by atoms with Gasteiger partial charge in [-0.1, -0.05) is 18.2 Å². The smallest absolute Gasteiger partial charge is 0.248 e. The molecule has 1 aromatic carbocycles. The van der Waals surface area contributed by atoms with Crippen LogP contribution in [-0.2, 0) is 17.8 Å². The first-order valence-corrected chi connectivity index (χ1v) is 5.74. The Kier molecular flexibility index (Phi) is 4.19. The van der Waals surface area contributed by atoms with Gasteiger partial charge in [0, 0.05) is 6.42 Å². The van der Waals surface area contributed by atoms with E-state index in [0.29, 0.717) is 12.0 Å². The molecule has 100 valence electrons. The molecule has 7 heteroatoms. The van der Waals surface area contributed by atoms with Crippen molar-refractivity contribution in [3.05, 3.63) is 41.5 Å². The number of carbonyl (C=O) groups is 1. The van der Waals surface area contributed by atoms with E-state index in [1.54, 1.807) is 18.2 Å². The maximum absolute atomic E-state index is 13.3. The molecule has 0 saturated heterocycles. The van der Waals surface area contributed by atoms with Gasteiger partial charge in [-0.2, -0.15) is 4.98 Å². The molecule has 1 amide bonds.